The number of carbonyl (C=O) groups is 1. The fraction of sp³-hybridized carbons (Fsp3) is 0.409. The normalized spacial score (nSPS) is 12.2. The van der Waals surface area contributed by atoms with E-state index in [1.165, 1.54) is 22.3 Å². The molecule has 0 aliphatic rings. The summed E-state index contributed by atoms with van der Waals surface area (Å²) >= 11 is 3.52. The zero-order chi connectivity index (χ0) is 19.4. The number of ether oxygens (including phenoxy) is 1. The van der Waals surface area contributed by atoms with Crippen LogP contribution in [-0.4, -0.2) is 12.5 Å². The minimum Gasteiger partial charge on any atom is -0.483 e. The molecule has 2 aromatic carbocycles. The summed E-state index contributed by atoms with van der Waals surface area (Å²) in [6.07, 6.45) is 0. The molecule has 2 aromatic rings. The number of nitrogens with one attached hydrogen (secondary N) is 1. The number of amides is 1. The fourth-order valence-corrected chi connectivity index (χ4v) is 3.46. The van der Waals surface area contributed by atoms with Crippen molar-refractivity contribution in [3.8, 4) is 5.75 Å². The molecular formula is C22H28BrNO2. The Bertz CT molecular complexity index is 799. The van der Waals surface area contributed by atoms with Crippen LogP contribution in [0, 0.1) is 20.8 Å². The molecule has 1 atom stereocenters. The van der Waals surface area contributed by atoms with Crippen molar-refractivity contribution in [2.24, 2.45) is 0 Å². The molecule has 0 bridgehead atoms. The molecule has 0 fully saturated rings. The van der Waals surface area contributed by atoms with Crippen LogP contribution < -0.4 is 10.1 Å². The van der Waals surface area contributed by atoms with Gasteiger partial charge in [0.15, 0.2) is 6.61 Å². The van der Waals surface area contributed by atoms with E-state index in [9.17, 15) is 4.79 Å². The van der Waals surface area contributed by atoms with Crippen LogP contribution in [0.15, 0.2) is 34.8 Å². The van der Waals surface area contributed by atoms with Gasteiger partial charge >= 0.3 is 0 Å². The number of aryl methyl sites for hydroxylation is 3. The first-order valence-electron chi connectivity index (χ1n) is 8.98. The minimum atomic E-state index is -0.130. The van der Waals surface area contributed by atoms with Crippen LogP contribution in [0.4, 0.5) is 0 Å². The van der Waals surface area contributed by atoms with E-state index in [0.29, 0.717) is 11.7 Å². The minimum absolute atomic E-state index is 0.00609. The lowest BCUT2D eigenvalue weighted by molar-refractivity contribution is -0.123. The van der Waals surface area contributed by atoms with Crippen molar-refractivity contribution in [2.45, 2.75) is 53.5 Å². The summed E-state index contributed by atoms with van der Waals surface area (Å²) in [7, 11) is 0. The molecule has 0 saturated carbocycles. The van der Waals surface area contributed by atoms with Gasteiger partial charge in [0.2, 0.25) is 0 Å². The molecule has 3 nitrogen and oxygen atoms in total. The van der Waals surface area contributed by atoms with Crippen molar-refractivity contribution in [3.63, 3.8) is 0 Å². The second-order valence-electron chi connectivity index (χ2n) is 7.22. The highest BCUT2D eigenvalue weighted by atomic mass is 79.9. The molecule has 0 aliphatic carbocycles. The molecule has 2 rings (SSSR count). The Kier molecular flexibility index (Phi) is 6.87. The van der Waals surface area contributed by atoms with Gasteiger partial charge < -0.3 is 10.1 Å². The number of rotatable bonds is 6. The fourth-order valence-electron chi connectivity index (χ4n) is 2.95. The summed E-state index contributed by atoms with van der Waals surface area (Å²) in [5.74, 6) is 1.00. The Balaban J connectivity index is 1.98. The van der Waals surface area contributed by atoms with Crippen molar-refractivity contribution in [2.75, 3.05) is 6.61 Å². The van der Waals surface area contributed by atoms with Gasteiger partial charge in [-0.15, -0.1) is 0 Å². The molecule has 26 heavy (non-hydrogen) atoms. The Morgan fingerprint density at radius 2 is 1.69 bits per heavy atom. The quantitative estimate of drug-likeness (QED) is 0.648. The number of carbonyl (C=O) groups excluding carboxylic acids is 1. The van der Waals surface area contributed by atoms with Crippen LogP contribution in [0.2, 0.25) is 0 Å². The molecule has 1 unspecified atom stereocenters. The summed E-state index contributed by atoms with van der Waals surface area (Å²) in [6.45, 7) is 12.6. The van der Waals surface area contributed by atoms with Crippen molar-refractivity contribution in [1.82, 2.24) is 5.32 Å². The predicted octanol–water partition coefficient (Wildman–Crippen LogP) is 5.75. The van der Waals surface area contributed by atoms with Gasteiger partial charge in [-0.1, -0.05) is 32.0 Å². The Morgan fingerprint density at radius 1 is 1.04 bits per heavy atom. The van der Waals surface area contributed by atoms with Crippen molar-refractivity contribution >= 4 is 21.8 Å². The first-order valence-corrected chi connectivity index (χ1v) is 9.77. The van der Waals surface area contributed by atoms with E-state index in [0.717, 1.165) is 10.0 Å². The van der Waals surface area contributed by atoms with Gasteiger partial charge in [-0.3, -0.25) is 4.79 Å². The van der Waals surface area contributed by atoms with Crippen LogP contribution in [0.25, 0.3) is 0 Å². The van der Waals surface area contributed by atoms with Crippen LogP contribution >= 0.6 is 15.9 Å². The summed E-state index contributed by atoms with van der Waals surface area (Å²) < 4.78 is 6.55. The number of benzene rings is 2. The maximum Gasteiger partial charge on any atom is 0.258 e. The third-order valence-electron chi connectivity index (χ3n) is 4.71. The van der Waals surface area contributed by atoms with Crippen LogP contribution in [-0.2, 0) is 4.79 Å². The molecule has 0 spiro atoms. The van der Waals surface area contributed by atoms with Gasteiger partial charge in [0.05, 0.1) is 10.5 Å². The smallest absolute Gasteiger partial charge is 0.258 e. The first-order chi connectivity index (χ1) is 12.2. The van der Waals surface area contributed by atoms with Gasteiger partial charge in [0.25, 0.3) is 5.91 Å². The van der Waals surface area contributed by atoms with E-state index in [1.807, 2.05) is 25.1 Å². The van der Waals surface area contributed by atoms with Crippen LogP contribution in [0.3, 0.4) is 0 Å². The van der Waals surface area contributed by atoms with Crippen LogP contribution in [0.5, 0.6) is 5.75 Å². The topological polar surface area (TPSA) is 38.3 Å². The average molecular weight is 418 g/mol. The number of hydrogen-bond acceptors (Lipinski definition) is 2. The van der Waals surface area contributed by atoms with E-state index in [1.54, 1.807) is 0 Å². The molecule has 0 aromatic heterocycles. The molecule has 1 amide bonds. The van der Waals surface area contributed by atoms with E-state index < -0.39 is 0 Å². The molecule has 0 heterocycles. The van der Waals surface area contributed by atoms with Gasteiger partial charge in [0.1, 0.15) is 5.75 Å². The largest absolute Gasteiger partial charge is 0.483 e. The second kappa shape index (κ2) is 8.72. The predicted molar refractivity (Wildman–Crippen MR) is 111 cm³/mol. The van der Waals surface area contributed by atoms with E-state index in [-0.39, 0.29) is 18.6 Å². The van der Waals surface area contributed by atoms with E-state index in [4.69, 9.17) is 4.74 Å². The van der Waals surface area contributed by atoms with Crippen molar-refractivity contribution in [3.05, 3.63) is 62.6 Å². The third kappa shape index (κ3) is 5.10. The summed E-state index contributed by atoms with van der Waals surface area (Å²) in [5, 5.41) is 3.02. The number of halogens is 1. The maximum atomic E-state index is 12.3. The zero-order valence-electron chi connectivity index (χ0n) is 16.4. The first kappa shape index (κ1) is 20.5. The summed E-state index contributed by atoms with van der Waals surface area (Å²) in [6, 6.07) is 10.2. The molecule has 1 N–H and O–H groups in total. The Morgan fingerprint density at radius 3 is 2.31 bits per heavy atom. The monoisotopic (exact) mass is 417 g/mol. The van der Waals surface area contributed by atoms with E-state index >= 15 is 0 Å². The standard InChI is InChI=1S/C22H28BrNO2/c1-13(2)18-7-8-21(20(23)11-18)26-12-22(25)24-17(6)19-10-15(4)14(3)9-16(19)5/h7-11,13,17H,12H2,1-6H3,(H,24,25). The molecule has 0 saturated heterocycles. The lowest BCUT2D eigenvalue weighted by Crippen LogP contribution is -2.31. The molecule has 140 valence electrons. The molecule has 4 heteroatoms. The SMILES string of the molecule is Cc1cc(C)c(C(C)NC(=O)COc2ccc(C(C)C)cc2Br)cc1C. The van der Waals surface area contributed by atoms with Crippen LogP contribution in [0.1, 0.15) is 60.5 Å². The van der Waals surface area contributed by atoms with Gasteiger partial charge in [-0.2, -0.15) is 0 Å². The van der Waals surface area contributed by atoms with Gasteiger partial charge in [-0.25, -0.2) is 0 Å². The molecule has 0 aliphatic heterocycles. The zero-order valence-corrected chi connectivity index (χ0v) is 18.0. The maximum absolute atomic E-state index is 12.3. The average Bonchev–Trinajstić information content (AvgIpc) is 2.56. The highest BCUT2D eigenvalue weighted by Crippen LogP contribution is 2.29. The Hall–Kier alpha value is -1.81. The molecular weight excluding hydrogens is 390 g/mol. The number of hydrogen-bond donors (Lipinski definition) is 1. The van der Waals surface area contributed by atoms with Gasteiger partial charge in [0, 0.05) is 0 Å². The Labute approximate surface area is 165 Å². The third-order valence-corrected chi connectivity index (χ3v) is 5.33. The van der Waals surface area contributed by atoms with E-state index in [2.05, 4.69) is 68.0 Å². The van der Waals surface area contributed by atoms with Crippen molar-refractivity contribution in [1.29, 1.82) is 0 Å². The summed E-state index contributed by atoms with van der Waals surface area (Å²) in [4.78, 5) is 12.3. The lowest BCUT2D eigenvalue weighted by atomic mass is 9.96. The highest BCUT2D eigenvalue weighted by Gasteiger charge is 2.14. The molecule has 0 radical (unpaired) electrons. The van der Waals surface area contributed by atoms with Gasteiger partial charge in [-0.05, 0) is 89.5 Å². The highest BCUT2D eigenvalue weighted by molar-refractivity contribution is 9.10. The lowest BCUT2D eigenvalue weighted by Gasteiger charge is -2.19. The second-order valence-corrected chi connectivity index (χ2v) is 8.07. The summed E-state index contributed by atoms with van der Waals surface area (Å²) in [5.41, 5.74) is 6.06. The van der Waals surface area contributed by atoms with Crippen molar-refractivity contribution < 1.29 is 9.53 Å².